The number of carbonyl (C=O) groups excluding carboxylic acids is 1. The summed E-state index contributed by atoms with van der Waals surface area (Å²) < 4.78 is 1.59. The van der Waals surface area contributed by atoms with Crippen LogP contribution in [-0.2, 0) is 11.2 Å². The first-order chi connectivity index (χ1) is 11.1. The summed E-state index contributed by atoms with van der Waals surface area (Å²) in [6, 6.07) is 13.8. The second-order valence-electron chi connectivity index (χ2n) is 6.13. The van der Waals surface area contributed by atoms with E-state index in [1.807, 2.05) is 31.2 Å². The smallest absolute Gasteiger partial charge is 0.157 e. The molecule has 0 spiro atoms. The van der Waals surface area contributed by atoms with Crippen molar-refractivity contribution in [2.45, 2.75) is 25.7 Å². The van der Waals surface area contributed by atoms with Crippen molar-refractivity contribution in [2.75, 3.05) is 0 Å². The van der Waals surface area contributed by atoms with E-state index in [1.54, 1.807) is 10.6 Å². The fraction of sp³-hybridized carbons (Fsp3) is 0.278. The zero-order valence-electron chi connectivity index (χ0n) is 12.7. The van der Waals surface area contributed by atoms with Gasteiger partial charge in [-0.1, -0.05) is 41.9 Å². The molecule has 3 aromatic rings. The Hall–Kier alpha value is -2.20. The third-order valence-electron chi connectivity index (χ3n) is 4.35. The molecule has 0 radical (unpaired) electrons. The Balaban J connectivity index is 1.51. The van der Waals surface area contributed by atoms with Gasteiger partial charge in [-0.2, -0.15) is 5.10 Å². The molecule has 4 nitrogen and oxygen atoms in total. The molecule has 1 fully saturated rings. The molecule has 2 aromatic heterocycles. The Morgan fingerprint density at radius 3 is 2.87 bits per heavy atom. The monoisotopic (exact) mass is 325 g/mol. The number of hydrogen-bond donors (Lipinski definition) is 0. The Morgan fingerprint density at radius 1 is 1.30 bits per heavy atom. The lowest BCUT2D eigenvalue weighted by Crippen LogP contribution is -2.09. The summed E-state index contributed by atoms with van der Waals surface area (Å²) in [5.41, 5.74) is 3.51. The molecule has 2 heterocycles. The second kappa shape index (κ2) is 5.46. The molecule has 1 saturated carbocycles. The number of hydrogen-bond acceptors (Lipinski definition) is 3. The molecule has 0 amide bonds. The van der Waals surface area contributed by atoms with E-state index in [-0.39, 0.29) is 11.7 Å². The van der Waals surface area contributed by atoms with Crippen LogP contribution < -0.4 is 0 Å². The van der Waals surface area contributed by atoms with Crippen molar-refractivity contribution >= 4 is 23.0 Å². The number of aryl methyl sites for hydroxylation is 1. The minimum atomic E-state index is 0.112. The maximum atomic E-state index is 12.5. The lowest BCUT2D eigenvalue weighted by molar-refractivity contribution is -0.119. The van der Waals surface area contributed by atoms with Crippen molar-refractivity contribution in [3.8, 4) is 0 Å². The molecule has 23 heavy (non-hydrogen) atoms. The minimum absolute atomic E-state index is 0.112. The number of fused-ring (bicyclic) bond motifs is 1. The van der Waals surface area contributed by atoms with Crippen molar-refractivity contribution < 1.29 is 4.79 Å². The zero-order valence-corrected chi connectivity index (χ0v) is 13.5. The summed E-state index contributed by atoms with van der Waals surface area (Å²) >= 11 is 6.23. The highest BCUT2D eigenvalue weighted by atomic mass is 35.5. The van der Waals surface area contributed by atoms with Crippen LogP contribution in [0.25, 0.3) is 5.65 Å². The van der Waals surface area contributed by atoms with Crippen molar-refractivity contribution in [2.24, 2.45) is 5.92 Å². The molecule has 1 aliphatic carbocycles. The van der Waals surface area contributed by atoms with E-state index in [2.05, 4.69) is 22.2 Å². The number of benzene rings is 1. The highest BCUT2D eigenvalue weighted by Crippen LogP contribution is 2.48. The number of Topliss-reactive ketones (excluding diaryl/α,β-unsaturated/α-hetero) is 1. The average molecular weight is 326 g/mol. The van der Waals surface area contributed by atoms with Gasteiger partial charge in [0.25, 0.3) is 0 Å². The molecular formula is C18H16ClN3O. The van der Waals surface area contributed by atoms with Gasteiger partial charge in [0, 0.05) is 18.4 Å². The summed E-state index contributed by atoms with van der Waals surface area (Å²) in [6.45, 7) is 1.89. The maximum absolute atomic E-state index is 12.5. The first-order valence-electron chi connectivity index (χ1n) is 7.71. The fourth-order valence-corrected chi connectivity index (χ4v) is 3.37. The van der Waals surface area contributed by atoms with Gasteiger partial charge < -0.3 is 0 Å². The van der Waals surface area contributed by atoms with Crippen LogP contribution in [-0.4, -0.2) is 20.4 Å². The SMILES string of the molecule is Cc1cc2nc(CC(=O)C3CC3c3ccccc3)cc(Cl)n2n1. The van der Waals surface area contributed by atoms with Crippen LogP contribution in [0.15, 0.2) is 42.5 Å². The van der Waals surface area contributed by atoms with E-state index < -0.39 is 0 Å². The van der Waals surface area contributed by atoms with Gasteiger partial charge in [0.1, 0.15) is 10.9 Å². The maximum Gasteiger partial charge on any atom is 0.157 e. The predicted octanol–water partition coefficient (Wildman–Crippen LogP) is 3.61. The summed E-state index contributed by atoms with van der Waals surface area (Å²) in [7, 11) is 0. The van der Waals surface area contributed by atoms with E-state index in [0.717, 1.165) is 12.1 Å². The van der Waals surface area contributed by atoms with Crippen LogP contribution >= 0.6 is 11.6 Å². The fourth-order valence-electron chi connectivity index (χ4n) is 3.12. The molecule has 0 saturated heterocycles. The largest absolute Gasteiger partial charge is 0.299 e. The molecular weight excluding hydrogens is 310 g/mol. The van der Waals surface area contributed by atoms with Crippen LogP contribution in [0.4, 0.5) is 0 Å². The quantitative estimate of drug-likeness (QED) is 0.688. The van der Waals surface area contributed by atoms with Gasteiger partial charge >= 0.3 is 0 Å². The molecule has 5 heteroatoms. The summed E-state index contributed by atoms with van der Waals surface area (Å²) in [5.74, 6) is 0.712. The summed E-state index contributed by atoms with van der Waals surface area (Å²) in [6.07, 6.45) is 1.26. The Morgan fingerprint density at radius 2 is 2.09 bits per heavy atom. The van der Waals surface area contributed by atoms with Gasteiger partial charge in [-0.15, -0.1) is 0 Å². The van der Waals surface area contributed by atoms with Crippen LogP contribution in [0.3, 0.4) is 0 Å². The molecule has 116 valence electrons. The highest BCUT2D eigenvalue weighted by molar-refractivity contribution is 6.29. The van der Waals surface area contributed by atoms with Crippen LogP contribution in [0.2, 0.25) is 5.15 Å². The summed E-state index contributed by atoms with van der Waals surface area (Å²) in [4.78, 5) is 17.0. The number of rotatable bonds is 4. The standard InChI is InChI=1S/C18H16ClN3O/c1-11-7-18-20-13(9-17(19)22(18)21-11)8-16(23)15-10-14(15)12-5-3-2-4-6-12/h2-7,9,14-15H,8,10H2,1H3. The first-order valence-corrected chi connectivity index (χ1v) is 8.09. The molecule has 0 N–H and O–H groups in total. The lowest BCUT2D eigenvalue weighted by atomic mass is 10.1. The van der Waals surface area contributed by atoms with Gasteiger partial charge in [-0.3, -0.25) is 4.79 Å². The van der Waals surface area contributed by atoms with Gasteiger partial charge in [-0.05, 0) is 30.9 Å². The molecule has 1 aliphatic rings. The third-order valence-corrected chi connectivity index (χ3v) is 4.62. The van der Waals surface area contributed by atoms with Crippen molar-refractivity contribution in [1.29, 1.82) is 0 Å². The molecule has 0 bridgehead atoms. The number of carbonyl (C=O) groups is 1. The van der Waals surface area contributed by atoms with Crippen molar-refractivity contribution in [3.05, 3.63) is 64.6 Å². The predicted molar refractivity (Wildman–Crippen MR) is 88.7 cm³/mol. The Bertz CT molecular complexity index is 888. The van der Waals surface area contributed by atoms with Crippen LogP contribution in [0, 0.1) is 12.8 Å². The molecule has 4 rings (SSSR count). The Kier molecular flexibility index (Phi) is 3.42. The molecule has 1 aromatic carbocycles. The first kappa shape index (κ1) is 14.4. The number of aromatic nitrogens is 3. The Labute approximate surface area is 139 Å². The van der Waals surface area contributed by atoms with Crippen LogP contribution in [0.1, 0.15) is 29.3 Å². The third kappa shape index (κ3) is 2.75. The second-order valence-corrected chi connectivity index (χ2v) is 6.52. The lowest BCUT2D eigenvalue weighted by Gasteiger charge is -2.03. The van der Waals surface area contributed by atoms with E-state index >= 15 is 0 Å². The molecule has 2 atom stereocenters. The topological polar surface area (TPSA) is 47.3 Å². The van der Waals surface area contributed by atoms with Gasteiger partial charge in [0.15, 0.2) is 5.65 Å². The van der Waals surface area contributed by atoms with Gasteiger partial charge in [0.2, 0.25) is 0 Å². The number of ketones is 1. The summed E-state index contributed by atoms with van der Waals surface area (Å²) in [5, 5.41) is 4.76. The zero-order chi connectivity index (χ0) is 16.0. The minimum Gasteiger partial charge on any atom is -0.299 e. The van der Waals surface area contributed by atoms with E-state index in [9.17, 15) is 4.79 Å². The van der Waals surface area contributed by atoms with E-state index in [0.29, 0.717) is 28.8 Å². The molecule has 0 aliphatic heterocycles. The van der Waals surface area contributed by atoms with E-state index in [4.69, 9.17) is 11.6 Å². The molecule has 2 unspecified atom stereocenters. The average Bonchev–Trinajstić information content (AvgIpc) is 3.24. The normalized spacial score (nSPS) is 19.9. The number of halogens is 1. The van der Waals surface area contributed by atoms with Crippen molar-refractivity contribution in [1.82, 2.24) is 14.6 Å². The number of nitrogens with zero attached hydrogens (tertiary/aromatic N) is 3. The van der Waals surface area contributed by atoms with Crippen LogP contribution in [0.5, 0.6) is 0 Å². The highest BCUT2D eigenvalue weighted by Gasteiger charge is 2.43. The van der Waals surface area contributed by atoms with Gasteiger partial charge in [-0.25, -0.2) is 9.50 Å². The van der Waals surface area contributed by atoms with E-state index in [1.165, 1.54) is 5.56 Å². The van der Waals surface area contributed by atoms with Crippen molar-refractivity contribution in [3.63, 3.8) is 0 Å². The van der Waals surface area contributed by atoms with Gasteiger partial charge in [0.05, 0.1) is 11.4 Å².